The maximum absolute atomic E-state index is 11.7. The lowest BCUT2D eigenvalue weighted by Gasteiger charge is -2.16. The highest BCUT2D eigenvalue weighted by Gasteiger charge is 2.20. The van der Waals surface area contributed by atoms with Crippen LogP contribution in [0.4, 0.5) is 0 Å². The monoisotopic (exact) mass is 352 g/mol. The largest absolute Gasteiger partial charge is 0.480 e. The van der Waals surface area contributed by atoms with Crippen LogP contribution in [0.3, 0.4) is 0 Å². The van der Waals surface area contributed by atoms with E-state index >= 15 is 0 Å². The molecule has 6 heteroatoms. The van der Waals surface area contributed by atoms with E-state index in [2.05, 4.69) is 10.3 Å². The van der Waals surface area contributed by atoms with Gasteiger partial charge in [-0.3, -0.25) is 14.9 Å². The number of hydrogen-bond donors (Lipinski definition) is 3. The molecule has 1 heterocycles. The van der Waals surface area contributed by atoms with Gasteiger partial charge in [-0.1, -0.05) is 36.4 Å². The predicted octanol–water partition coefficient (Wildman–Crippen LogP) is 2.88. The Labute approximate surface area is 150 Å². The number of fused-ring (bicyclic) bond motifs is 1. The van der Waals surface area contributed by atoms with Crippen molar-refractivity contribution >= 4 is 22.8 Å². The molecular formula is C20H20N2O4. The Balaban J connectivity index is 1.74. The van der Waals surface area contributed by atoms with Crippen molar-refractivity contribution in [3.8, 4) is 5.75 Å². The number of carbonyl (C=O) groups excluding carboxylic acids is 1. The maximum Gasteiger partial charge on any atom is 0.321 e. The summed E-state index contributed by atoms with van der Waals surface area (Å²) < 4.78 is 5.17. The molecule has 0 aliphatic carbocycles. The Hall–Kier alpha value is -3.12. The summed E-state index contributed by atoms with van der Waals surface area (Å²) in [6.07, 6.45) is 2.18. The number of carboxylic acids is 1. The summed E-state index contributed by atoms with van der Waals surface area (Å²) in [7, 11) is 0. The fourth-order valence-corrected chi connectivity index (χ4v) is 2.90. The summed E-state index contributed by atoms with van der Waals surface area (Å²) in [6, 6.07) is 14.1. The second kappa shape index (κ2) is 7.84. The number of rotatable bonds is 7. The Morgan fingerprint density at radius 1 is 1.12 bits per heavy atom. The molecule has 1 atom stereocenters. The number of carboxylic acid groups (broad SMARTS) is 1. The number of aliphatic carboxylic acids is 1. The van der Waals surface area contributed by atoms with Crippen molar-refractivity contribution in [2.45, 2.75) is 25.9 Å². The molecule has 0 bridgehead atoms. The first-order chi connectivity index (χ1) is 12.5. The molecule has 134 valence electrons. The first kappa shape index (κ1) is 17.7. The van der Waals surface area contributed by atoms with Crippen LogP contribution < -0.4 is 10.1 Å². The van der Waals surface area contributed by atoms with E-state index in [9.17, 15) is 14.7 Å². The van der Waals surface area contributed by atoms with Crippen molar-refractivity contribution < 1.29 is 19.4 Å². The van der Waals surface area contributed by atoms with E-state index in [0.717, 1.165) is 22.0 Å². The molecule has 0 saturated carbocycles. The van der Waals surface area contributed by atoms with E-state index in [1.165, 1.54) is 6.92 Å². The van der Waals surface area contributed by atoms with Gasteiger partial charge >= 0.3 is 11.9 Å². The number of nitrogens with one attached hydrogen (secondary N) is 2. The SMILES string of the molecule is CC(=O)Oc1ccccc1CNC(Cc1c[nH]c2ccccc12)C(=O)O. The van der Waals surface area contributed by atoms with Crippen LogP contribution >= 0.6 is 0 Å². The van der Waals surface area contributed by atoms with E-state index in [1.54, 1.807) is 18.2 Å². The molecule has 1 aromatic heterocycles. The van der Waals surface area contributed by atoms with Gasteiger partial charge in [0.2, 0.25) is 0 Å². The quantitative estimate of drug-likeness (QED) is 0.449. The molecule has 0 spiro atoms. The van der Waals surface area contributed by atoms with Crippen molar-refractivity contribution in [2.24, 2.45) is 0 Å². The average molecular weight is 352 g/mol. The molecule has 0 fully saturated rings. The summed E-state index contributed by atoms with van der Waals surface area (Å²) in [6.45, 7) is 1.62. The minimum absolute atomic E-state index is 0.281. The molecule has 0 amide bonds. The summed E-state index contributed by atoms with van der Waals surface area (Å²) in [4.78, 5) is 26.1. The van der Waals surface area contributed by atoms with Crippen molar-refractivity contribution in [1.29, 1.82) is 0 Å². The smallest absolute Gasteiger partial charge is 0.321 e. The van der Waals surface area contributed by atoms with E-state index < -0.39 is 18.0 Å². The number of H-pyrrole nitrogens is 1. The minimum atomic E-state index is -0.930. The molecule has 3 N–H and O–H groups in total. The first-order valence-corrected chi connectivity index (χ1v) is 8.32. The normalized spacial score (nSPS) is 12.0. The number of aromatic nitrogens is 1. The Morgan fingerprint density at radius 2 is 1.85 bits per heavy atom. The third-order valence-corrected chi connectivity index (χ3v) is 4.16. The molecule has 26 heavy (non-hydrogen) atoms. The Bertz CT molecular complexity index is 932. The van der Waals surface area contributed by atoms with Gasteiger partial charge in [0, 0.05) is 42.6 Å². The zero-order valence-electron chi connectivity index (χ0n) is 14.4. The summed E-state index contributed by atoms with van der Waals surface area (Å²) in [5.74, 6) is -0.907. The zero-order chi connectivity index (χ0) is 18.5. The number of para-hydroxylation sites is 2. The van der Waals surface area contributed by atoms with E-state index in [-0.39, 0.29) is 6.54 Å². The van der Waals surface area contributed by atoms with Crippen LogP contribution in [0.1, 0.15) is 18.1 Å². The molecule has 1 unspecified atom stereocenters. The number of aromatic amines is 1. The van der Waals surface area contributed by atoms with E-state index in [0.29, 0.717) is 12.2 Å². The fourth-order valence-electron chi connectivity index (χ4n) is 2.90. The summed E-state index contributed by atoms with van der Waals surface area (Å²) in [5.41, 5.74) is 2.65. The van der Waals surface area contributed by atoms with Crippen LogP contribution in [0, 0.1) is 0 Å². The van der Waals surface area contributed by atoms with Crippen molar-refractivity contribution in [1.82, 2.24) is 10.3 Å². The molecule has 2 aromatic carbocycles. The average Bonchev–Trinajstić information content (AvgIpc) is 3.02. The third-order valence-electron chi connectivity index (χ3n) is 4.16. The van der Waals surface area contributed by atoms with Crippen molar-refractivity contribution in [3.63, 3.8) is 0 Å². The van der Waals surface area contributed by atoms with Gasteiger partial charge in [0.15, 0.2) is 0 Å². The topological polar surface area (TPSA) is 91.4 Å². The Morgan fingerprint density at radius 3 is 2.62 bits per heavy atom. The maximum atomic E-state index is 11.7. The van der Waals surface area contributed by atoms with E-state index in [1.807, 2.05) is 36.5 Å². The molecular weight excluding hydrogens is 332 g/mol. The molecule has 6 nitrogen and oxygen atoms in total. The van der Waals surface area contributed by atoms with Gasteiger partial charge < -0.3 is 14.8 Å². The fraction of sp³-hybridized carbons (Fsp3) is 0.200. The molecule has 0 aliphatic rings. The van der Waals surface area contributed by atoms with E-state index in [4.69, 9.17) is 4.74 Å². The molecule has 3 rings (SSSR count). The second-order valence-corrected chi connectivity index (χ2v) is 6.04. The van der Waals surface area contributed by atoms with Gasteiger partial charge in [0.25, 0.3) is 0 Å². The highest BCUT2D eigenvalue weighted by atomic mass is 16.5. The van der Waals surface area contributed by atoms with Crippen LogP contribution in [0.25, 0.3) is 10.9 Å². The highest BCUT2D eigenvalue weighted by molar-refractivity contribution is 5.84. The molecule has 3 aromatic rings. The van der Waals surface area contributed by atoms with Gasteiger partial charge in [-0.15, -0.1) is 0 Å². The summed E-state index contributed by atoms with van der Waals surface area (Å²) >= 11 is 0. The van der Waals surface area contributed by atoms with Crippen molar-refractivity contribution in [3.05, 3.63) is 65.9 Å². The van der Waals surface area contributed by atoms with Crippen LogP contribution in [-0.2, 0) is 22.6 Å². The predicted molar refractivity (Wildman–Crippen MR) is 98.0 cm³/mol. The van der Waals surface area contributed by atoms with Gasteiger partial charge in [-0.25, -0.2) is 0 Å². The van der Waals surface area contributed by atoms with Crippen LogP contribution in [0.15, 0.2) is 54.7 Å². The van der Waals surface area contributed by atoms with Crippen LogP contribution in [0.5, 0.6) is 5.75 Å². The number of carbonyl (C=O) groups is 2. The van der Waals surface area contributed by atoms with Crippen LogP contribution in [0.2, 0.25) is 0 Å². The lowest BCUT2D eigenvalue weighted by Crippen LogP contribution is -2.38. The highest BCUT2D eigenvalue weighted by Crippen LogP contribution is 2.21. The van der Waals surface area contributed by atoms with Gasteiger partial charge in [0.1, 0.15) is 11.8 Å². The Kier molecular flexibility index (Phi) is 5.34. The molecule has 0 radical (unpaired) electrons. The molecule has 0 saturated heterocycles. The zero-order valence-corrected chi connectivity index (χ0v) is 14.4. The second-order valence-electron chi connectivity index (χ2n) is 6.04. The number of hydrogen-bond acceptors (Lipinski definition) is 4. The minimum Gasteiger partial charge on any atom is -0.480 e. The summed E-state index contributed by atoms with van der Waals surface area (Å²) in [5, 5.41) is 13.6. The van der Waals surface area contributed by atoms with Crippen LogP contribution in [-0.4, -0.2) is 28.1 Å². The lowest BCUT2D eigenvalue weighted by molar-refractivity contribution is -0.139. The van der Waals surface area contributed by atoms with Gasteiger partial charge in [0.05, 0.1) is 0 Å². The molecule has 0 aliphatic heterocycles. The number of esters is 1. The lowest BCUT2D eigenvalue weighted by atomic mass is 10.0. The van der Waals surface area contributed by atoms with Gasteiger partial charge in [-0.05, 0) is 17.7 Å². The van der Waals surface area contributed by atoms with Crippen molar-refractivity contribution in [2.75, 3.05) is 0 Å². The standard InChI is InChI=1S/C20H20N2O4/c1-13(23)26-19-9-5-2-6-14(19)11-22-18(20(24)25)10-15-12-21-17-8-4-3-7-16(15)17/h2-9,12,18,21-22H,10-11H2,1H3,(H,24,25). The first-order valence-electron chi connectivity index (χ1n) is 8.32. The number of ether oxygens (including phenoxy) is 1. The van der Waals surface area contributed by atoms with Gasteiger partial charge in [-0.2, -0.15) is 0 Å². The third kappa shape index (κ3) is 4.10. The number of benzene rings is 2.